The van der Waals surface area contributed by atoms with E-state index in [4.69, 9.17) is 0 Å². The second-order valence-corrected chi connectivity index (χ2v) is 7.52. The molecule has 0 amide bonds. The second kappa shape index (κ2) is 8.07. The summed E-state index contributed by atoms with van der Waals surface area (Å²) < 4.78 is 69.5. The van der Waals surface area contributed by atoms with Gasteiger partial charge in [-0.3, -0.25) is 0 Å². The van der Waals surface area contributed by atoms with Gasteiger partial charge >= 0.3 is 6.36 Å². The molecule has 0 fully saturated rings. The Morgan fingerprint density at radius 1 is 1.04 bits per heavy atom. The van der Waals surface area contributed by atoms with Gasteiger partial charge < -0.3 is 9.64 Å². The van der Waals surface area contributed by atoms with Crippen molar-refractivity contribution in [3.8, 4) is 5.75 Å². The monoisotopic (exact) mass is 388 g/mol. The molecule has 9 heteroatoms. The van der Waals surface area contributed by atoms with Crippen LogP contribution in [-0.2, 0) is 10.0 Å². The van der Waals surface area contributed by atoms with Crippen LogP contribution < -0.4 is 9.46 Å². The molecule has 0 saturated heterocycles. The number of nitrogens with zero attached hydrogens (tertiary/aromatic N) is 1. The summed E-state index contributed by atoms with van der Waals surface area (Å²) in [6.07, 6.45) is -4.99. The molecule has 1 N–H and O–H groups in total. The Labute approximate surface area is 150 Å². The van der Waals surface area contributed by atoms with Gasteiger partial charge in [0.05, 0.1) is 6.04 Å². The molecule has 0 spiro atoms. The molecule has 0 unspecified atom stereocenters. The molecule has 0 aliphatic carbocycles. The van der Waals surface area contributed by atoms with Gasteiger partial charge in [0.1, 0.15) is 10.6 Å². The SMILES string of the molecule is CN(C)C[C@H](NS(=O)(=O)c1ccccc1OC(F)(F)F)c1ccccc1. The third-order valence-electron chi connectivity index (χ3n) is 3.41. The number of rotatable bonds is 7. The first-order valence-electron chi connectivity index (χ1n) is 7.65. The van der Waals surface area contributed by atoms with Crippen molar-refractivity contribution in [1.29, 1.82) is 0 Å². The molecule has 0 aromatic heterocycles. The lowest BCUT2D eigenvalue weighted by atomic mass is 10.1. The number of nitrogens with one attached hydrogen (secondary N) is 1. The van der Waals surface area contributed by atoms with E-state index in [1.54, 1.807) is 49.3 Å². The van der Waals surface area contributed by atoms with E-state index < -0.39 is 33.1 Å². The Hall–Kier alpha value is -2.10. The summed E-state index contributed by atoms with van der Waals surface area (Å²) >= 11 is 0. The van der Waals surface area contributed by atoms with Crippen LogP contribution in [0.3, 0.4) is 0 Å². The average molecular weight is 388 g/mol. The van der Waals surface area contributed by atoms with Crippen LogP contribution in [0, 0.1) is 0 Å². The summed E-state index contributed by atoms with van der Waals surface area (Å²) in [7, 11) is -0.720. The van der Waals surface area contributed by atoms with Crippen LogP contribution in [0.25, 0.3) is 0 Å². The molecule has 0 radical (unpaired) electrons. The van der Waals surface area contributed by atoms with E-state index in [0.29, 0.717) is 12.1 Å². The molecule has 2 rings (SSSR count). The van der Waals surface area contributed by atoms with Crippen LogP contribution in [0.2, 0.25) is 0 Å². The standard InChI is InChI=1S/C17H19F3N2O3S/c1-22(2)12-14(13-8-4-3-5-9-13)21-26(23,24)16-11-7-6-10-15(16)25-17(18,19)20/h3-11,14,21H,12H2,1-2H3/t14-/m0/s1. The lowest BCUT2D eigenvalue weighted by Crippen LogP contribution is -2.35. The largest absolute Gasteiger partial charge is 0.573 e. The first-order chi connectivity index (χ1) is 12.1. The predicted molar refractivity (Wildman–Crippen MR) is 91.2 cm³/mol. The molecule has 0 bridgehead atoms. The van der Waals surface area contributed by atoms with Crippen molar-refractivity contribution >= 4 is 10.0 Å². The fraction of sp³-hybridized carbons (Fsp3) is 0.294. The Morgan fingerprint density at radius 3 is 2.19 bits per heavy atom. The van der Waals surface area contributed by atoms with Crippen molar-refractivity contribution in [2.75, 3.05) is 20.6 Å². The molecule has 0 heterocycles. The van der Waals surface area contributed by atoms with Gasteiger partial charge in [0.2, 0.25) is 10.0 Å². The number of hydrogen-bond acceptors (Lipinski definition) is 4. The highest BCUT2D eigenvalue weighted by Gasteiger charge is 2.34. The van der Waals surface area contributed by atoms with Gasteiger partial charge in [-0.1, -0.05) is 42.5 Å². The summed E-state index contributed by atoms with van der Waals surface area (Å²) in [5.74, 6) is -0.774. The van der Waals surface area contributed by atoms with Gasteiger partial charge in [0.25, 0.3) is 0 Å². The molecular formula is C17H19F3N2O3S. The van der Waals surface area contributed by atoms with Crippen LogP contribution in [0.5, 0.6) is 5.75 Å². The van der Waals surface area contributed by atoms with Crippen LogP contribution in [0.4, 0.5) is 13.2 Å². The first kappa shape index (κ1) is 20.2. The fourth-order valence-corrected chi connectivity index (χ4v) is 3.74. The van der Waals surface area contributed by atoms with Crippen molar-refractivity contribution < 1.29 is 26.3 Å². The van der Waals surface area contributed by atoms with Gasteiger partial charge in [0.15, 0.2) is 0 Å². The molecule has 2 aromatic rings. The van der Waals surface area contributed by atoms with Crippen LogP contribution >= 0.6 is 0 Å². The number of benzene rings is 2. The van der Waals surface area contributed by atoms with E-state index >= 15 is 0 Å². The Bertz CT molecular complexity index is 825. The maximum Gasteiger partial charge on any atom is 0.573 e. The molecule has 0 aliphatic rings. The van der Waals surface area contributed by atoms with E-state index in [9.17, 15) is 21.6 Å². The van der Waals surface area contributed by atoms with E-state index in [1.807, 2.05) is 0 Å². The second-order valence-electron chi connectivity index (χ2n) is 5.84. The summed E-state index contributed by atoms with van der Waals surface area (Å²) in [6.45, 7) is 0.325. The van der Waals surface area contributed by atoms with E-state index in [0.717, 1.165) is 12.1 Å². The van der Waals surface area contributed by atoms with Crippen LogP contribution in [-0.4, -0.2) is 40.3 Å². The number of para-hydroxylation sites is 1. The normalized spacial score (nSPS) is 13.6. The van der Waals surface area contributed by atoms with Gasteiger partial charge in [-0.15, -0.1) is 13.2 Å². The predicted octanol–water partition coefficient (Wildman–Crippen LogP) is 3.17. The lowest BCUT2D eigenvalue weighted by molar-refractivity contribution is -0.275. The highest BCUT2D eigenvalue weighted by molar-refractivity contribution is 7.89. The van der Waals surface area contributed by atoms with Crippen molar-refractivity contribution in [2.45, 2.75) is 17.3 Å². The van der Waals surface area contributed by atoms with Crippen molar-refractivity contribution in [2.24, 2.45) is 0 Å². The lowest BCUT2D eigenvalue weighted by Gasteiger charge is -2.23. The summed E-state index contributed by atoms with van der Waals surface area (Å²) in [4.78, 5) is 1.20. The van der Waals surface area contributed by atoms with Crippen molar-refractivity contribution in [1.82, 2.24) is 9.62 Å². The minimum absolute atomic E-state index is 0.325. The van der Waals surface area contributed by atoms with Gasteiger partial charge in [-0.2, -0.15) is 0 Å². The topological polar surface area (TPSA) is 58.6 Å². The average Bonchev–Trinajstić information content (AvgIpc) is 2.53. The van der Waals surface area contributed by atoms with E-state index in [1.165, 1.54) is 12.1 Å². The number of likely N-dealkylation sites (N-methyl/N-ethyl adjacent to an activating group) is 1. The van der Waals surface area contributed by atoms with Crippen molar-refractivity contribution in [3.05, 3.63) is 60.2 Å². The first-order valence-corrected chi connectivity index (χ1v) is 9.13. The zero-order valence-electron chi connectivity index (χ0n) is 14.2. The summed E-state index contributed by atoms with van der Waals surface area (Å²) in [5.41, 5.74) is 0.694. The van der Waals surface area contributed by atoms with Gasteiger partial charge in [0, 0.05) is 6.54 Å². The Morgan fingerprint density at radius 2 is 1.62 bits per heavy atom. The van der Waals surface area contributed by atoms with Crippen LogP contribution in [0.15, 0.2) is 59.5 Å². The Balaban J connectivity index is 2.37. The number of halogens is 3. The number of ether oxygens (including phenoxy) is 1. The molecule has 26 heavy (non-hydrogen) atoms. The highest BCUT2D eigenvalue weighted by Crippen LogP contribution is 2.30. The zero-order valence-corrected chi connectivity index (χ0v) is 15.0. The Kier molecular flexibility index (Phi) is 6.27. The smallest absolute Gasteiger partial charge is 0.404 e. The number of alkyl halides is 3. The molecule has 0 aliphatic heterocycles. The number of hydrogen-bond donors (Lipinski definition) is 1. The molecule has 1 atom stereocenters. The molecule has 142 valence electrons. The quantitative estimate of drug-likeness (QED) is 0.792. The van der Waals surface area contributed by atoms with E-state index in [-0.39, 0.29) is 0 Å². The maximum absolute atomic E-state index is 12.7. The van der Waals surface area contributed by atoms with Crippen LogP contribution in [0.1, 0.15) is 11.6 Å². The summed E-state index contributed by atoms with van der Waals surface area (Å²) in [5, 5.41) is 0. The maximum atomic E-state index is 12.7. The molecular weight excluding hydrogens is 369 g/mol. The third kappa shape index (κ3) is 5.72. The fourth-order valence-electron chi connectivity index (χ4n) is 2.39. The van der Waals surface area contributed by atoms with Gasteiger partial charge in [-0.25, -0.2) is 13.1 Å². The number of sulfonamides is 1. The van der Waals surface area contributed by atoms with Gasteiger partial charge in [-0.05, 0) is 31.8 Å². The third-order valence-corrected chi connectivity index (χ3v) is 4.92. The molecule has 2 aromatic carbocycles. The molecule has 0 saturated carbocycles. The minimum Gasteiger partial charge on any atom is -0.404 e. The highest BCUT2D eigenvalue weighted by atomic mass is 32.2. The minimum atomic E-state index is -4.99. The molecule has 5 nitrogen and oxygen atoms in total. The van der Waals surface area contributed by atoms with E-state index in [2.05, 4.69) is 9.46 Å². The zero-order chi connectivity index (χ0) is 19.4. The van der Waals surface area contributed by atoms with Crippen molar-refractivity contribution in [3.63, 3.8) is 0 Å². The summed E-state index contributed by atoms with van der Waals surface area (Å²) in [6, 6.07) is 12.8.